The van der Waals surface area contributed by atoms with Crippen LogP contribution >= 0.6 is 0 Å². The number of nitrogens with one attached hydrogen (secondary N) is 1. The molecular weight excluding hydrogens is 326 g/mol. The number of ether oxygens (including phenoxy) is 2. The third-order valence-electron chi connectivity index (χ3n) is 3.25. The molecule has 8 nitrogen and oxygen atoms in total. The number of hydrazone groups is 1. The highest BCUT2D eigenvalue weighted by Crippen LogP contribution is 2.25. The molecule has 0 aliphatic carbocycles. The van der Waals surface area contributed by atoms with E-state index in [1.165, 1.54) is 19.2 Å². The van der Waals surface area contributed by atoms with Crippen molar-refractivity contribution in [2.24, 2.45) is 5.10 Å². The molecule has 0 saturated carbocycles. The van der Waals surface area contributed by atoms with Crippen LogP contribution in [0.2, 0.25) is 0 Å². The number of methoxy groups -OCH3 is 1. The maximum Gasteiger partial charge on any atom is 0.277 e. The Morgan fingerprint density at radius 3 is 2.60 bits per heavy atom. The Balaban J connectivity index is 1.95. The zero-order chi connectivity index (χ0) is 18.2. The van der Waals surface area contributed by atoms with E-state index < -0.39 is 10.8 Å². The van der Waals surface area contributed by atoms with Gasteiger partial charge >= 0.3 is 0 Å². The molecule has 1 amide bonds. The molecule has 8 heteroatoms. The number of hydrogen-bond donors (Lipinski definition) is 1. The molecule has 0 fully saturated rings. The van der Waals surface area contributed by atoms with Crippen molar-refractivity contribution in [2.75, 3.05) is 13.7 Å². The minimum absolute atomic E-state index is 0.0436. The summed E-state index contributed by atoms with van der Waals surface area (Å²) in [6, 6.07) is 13.0. The molecule has 0 aliphatic rings. The summed E-state index contributed by atoms with van der Waals surface area (Å²) in [6.45, 7) is 1.40. The molecular formula is C17H17N3O5. The van der Waals surface area contributed by atoms with E-state index >= 15 is 0 Å². The normalized spacial score (nSPS) is 10.9. The Morgan fingerprint density at radius 1 is 1.20 bits per heavy atom. The second-order valence-corrected chi connectivity index (χ2v) is 4.98. The van der Waals surface area contributed by atoms with Crippen LogP contribution in [0.4, 0.5) is 5.69 Å². The van der Waals surface area contributed by atoms with Crippen LogP contribution in [0.25, 0.3) is 0 Å². The molecule has 2 rings (SSSR count). The van der Waals surface area contributed by atoms with E-state index in [0.717, 1.165) is 0 Å². The van der Waals surface area contributed by atoms with Crippen molar-refractivity contribution in [3.8, 4) is 11.5 Å². The van der Waals surface area contributed by atoms with Gasteiger partial charge in [-0.15, -0.1) is 0 Å². The minimum Gasteiger partial charge on any atom is -0.493 e. The summed E-state index contributed by atoms with van der Waals surface area (Å²) >= 11 is 0. The highest BCUT2D eigenvalue weighted by atomic mass is 16.6. The minimum atomic E-state index is -0.490. The molecule has 0 aromatic heterocycles. The Labute approximate surface area is 144 Å². The molecule has 130 valence electrons. The number of benzene rings is 2. The Bertz CT molecular complexity index is 804. The largest absolute Gasteiger partial charge is 0.493 e. The number of amides is 1. The summed E-state index contributed by atoms with van der Waals surface area (Å²) in [6.07, 6.45) is 0. The van der Waals surface area contributed by atoms with Crippen molar-refractivity contribution in [1.29, 1.82) is 0 Å². The number of para-hydroxylation sites is 2. The molecule has 2 aromatic carbocycles. The van der Waals surface area contributed by atoms with Gasteiger partial charge in [0.1, 0.15) is 0 Å². The second-order valence-electron chi connectivity index (χ2n) is 4.98. The number of nitro groups is 1. The first-order valence-electron chi connectivity index (χ1n) is 7.35. The van der Waals surface area contributed by atoms with Crippen LogP contribution in [-0.4, -0.2) is 30.3 Å². The standard InChI is InChI=1S/C17H17N3O5/c1-12(13-6-5-7-14(10-13)20(22)23)18-19-17(21)11-25-16-9-4-3-8-15(16)24-2/h3-10H,11H2,1-2H3,(H,19,21)/b18-12+. The monoisotopic (exact) mass is 343 g/mol. The number of carbonyl (C=O) groups is 1. The quantitative estimate of drug-likeness (QED) is 0.473. The number of hydrogen-bond acceptors (Lipinski definition) is 6. The van der Waals surface area contributed by atoms with E-state index in [-0.39, 0.29) is 12.3 Å². The number of nitro benzene ring substituents is 1. The van der Waals surface area contributed by atoms with Crippen molar-refractivity contribution in [2.45, 2.75) is 6.92 Å². The van der Waals surface area contributed by atoms with Crippen LogP contribution in [-0.2, 0) is 4.79 Å². The lowest BCUT2D eigenvalue weighted by Gasteiger charge is -2.09. The van der Waals surface area contributed by atoms with Gasteiger partial charge in [-0.3, -0.25) is 14.9 Å². The predicted octanol–water partition coefficient (Wildman–Crippen LogP) is 2.52. The summed E-state index contributed by atoms with van der Waals surface area (Å²) in [4.78, 5) is 22.1. The molecule has 25 heavy (non-hydrogen) atoms. The second kappa shape index (κ2) is 8.44. The van der Waals surface area contributed by atoms with E-state index in [4.69, 9.17) is 9.47 Å². The fraction of sp³-hybridized carbons (Fsp3) is 0.176. The predicted molar refractivity (Wildman–Crippen MR) is 91.9 cm³/mol. The first-order chi connectivity index (χ1) is 12.0. The maximum atomic E-state index is 11.8. The molecule has 0 radical (unpaired) electrons. The number of non-ortho nitro benzene ring substituents is 1. The summed E-state index contributed by atoms with van der Waals surface area (Å²) in [7, 11) is 1.51. The molecule has 0 aliphatic heterocycles. The first kappa shape index (κ1) is 17.9. The zero-order valence-corrected chi connectivity index (χ0v) is 13.8. The van der Waals surface area contributed by atoms with Gasteiger partial charge in [-0.1, -0.05) is 24.3 Å². The van der Waals surface area contributed by atoms with Crippen molar-refractivity contribution in [3.05, 3.63) is 64.2 Å². The van der Waals surface area contributed by atoms with Gasteiger partial charge < -0.3 is 9.47 Å². The van der Waals surface area contributed by atoms with Crippen LogP contribution < -0.4 is 14.9 Å². The maximum absolute atomic E-state index is 11.8. The molecule has 2 aromatic rings. The number of carbonyl (C=O) groups excluding carboxylic acids is 1. The van der Waals surface area contributed by atoms with Crippen LogP contribution in [0.15, 0.2) is 53.6 Å². The van der Waals surface area contributed by atoms with E-state index in [9.17, 15) is 14.9 Å². The number of rotatable bonds is 7. The van der Waals surface area contributed by atoms with Gasteiger partial charge in [0.2, 0.25) is 0 Å². The van der Waals surface area contributed by atoms with Crippen molar-refractivity contribution in [1.82, 2.24) is 5.43 Å². The molecule has 0 spiro atoms. The van der Waals surface area contributed by atoms with E-state index in [2.05, 4.69) is 10.5 Å². The van der Waals surface area contributed by atoms with Crippen LogP contribution in [0.1, 0.15) is 12.5 Å². The van der Waals surface area contributed by atoms with Gasteiger partial charge in [-0.25, -0.2) is 5.43 Å². The van der Waals surface area contributed by atoms with Gasteiger partial charge in [0.25, 0.3) is 11.6 Å². The summed E-state index contributed by atoms with van der Waals surface area (Å²) in [5.74, 6) is 0.502. The van der Waals surface area contributed by atoms with Gasteiger partial charge in [0, 0.05) is 17.7 Å². The van der Waals surface area contributed by atoms with E-state index in [1.54, 1.807) is 43.3 Å². The van der Waals surface area contributed by atoms with Gasteiger partial charge in [-0.05, 0) is 19.1 Å². The van der Waals surface area contributed by atoms with Crippen molar-refractivity contribution < 1.29 is 19.2 Å². The molecule has 0 saturated heterocycles. The Hall–Kier alpha value is -3.42. The molecule has 0 heterocycles. The van der Waals surface area contributed by atoms with Gasteiger partial charge in [-0.2, -0.15) is 5.10 Å². The van der Waals surface area contributed by atoms with Crippen LogP contribution in [0, 0.1) is 10.1 Å². The third-order valence-corrected chi connectivity index (χ3v) is 3.25. The molecule has 0 atom stereocenters. The fourth-order valence-electron chi connectivity index (χ4n) is 1.97. The smallest absolute Gasteiger partial charge is 0.277 e. The van der Waals surface area contributed by atoms with Crippen LogP contribution in [0.3, 0.4) is 0 Å². The summed E-state index contributed by atoms with van der Waals surface area (Å²) in [5.41, 5.74) is 3.29. The average Bonchev–Trinajstić information content (AvgIpc) is 2.64. The van der Waals surface area contributed by atoms with Gasteiger partial charge in [0.15, 0.2) is 18.1 Å². The molecule has 1 N–H and O–H groups in total. The molecule has 0 bridgehead atoms. The van der Waals surface area contributed by atoms with Gasteiger partial charge in [0.05, 0.1) is 17.7 Å². The Morgan fingerprint density at radius 2 is 1.92 bits per heavy atom. The highest BCUT2D eigenvalue weighted by Gasteiger charge is 2.09. The summed E-state index contributed by atoms with van der Waals surface area (Å²) < 4.78 is 10.5. The zero-order valence-electron chi connectivity index (χ0n) is 13.8. The summed E-state index contributed by atoms with van der Waals surface area (Å²) in [5, 5.41) is 14.7. The first-order valence-corrected chi connectivity index (χ1v) is 7.35. The van der Waals surface area contributed by atoms with Crippen molar-refractivity contribution >= 4 is 17.3 Å². The topological polar surface area (TPSA) is 103 Å². The van der Waals surface area contributed by atoms with Crippen molar-refractivity contribution in [3.63, 3.8) is 0 Å². The average molecular weight is 343 g/mol. The Kier molecular flexibility index (Phi) is 6.05. The number of nitrogens with zero attached hydrogens (tertiary/aromatic N) is 2. The lowest BCUT2D eigenvalue weighted by atomic mass is 10.1. The fourth-order valence-corrected chi connectivity index (χ4v) is 1.97. The van der Waals surface area contributed by atoms with E-state index in [1.807, 2.05) is 0 Å². The molecule has 0 unspecified atom stereocenters. The SMILES string of the molecule is COc1ccccc1OCC(=O)N/N=C(\C)c1cccc([N+](=O)[O-])c1. The van der Waals surface area contributed by atoms with E-state index in [0.29, 0.717) is 22.8 Å². The van der Waals surface area contributed by atoms with Crippen LogP contribution in [0.5, 0.6) is 11.5 Å². The lowest BCUT2D eigenvalue weighted by molar-refractivity contribution is -0.384. The third kappa shape index (κ3) is 5.03. The highest BCUT2D eigenvalue weighted by molar-refractivity contribution is 5.99. The lowest BCUT2D eigenvalue weighted by Crippen LogP contribution is -2.25.